The second-order valence-electron chi connectivity index (χ2n) is 3.78. The van der Waals surface area contributed by atoms with Crippen LogP contribution in [0.15, 0.2) is 29.2 Å². The van der Waals surface area contributed by atoms with E-state index in [9.17, 15) is 13.2 Å². The summed E-state index contributed by atoms with van der Waals surface area (Å²) in [5, 5.41) is 0. The van der Waals surface area contributed by atoms with Crippen molar-refractivity contribution in [2.75, 3.05) is 13.2 Å². The Morgan fingerprint density at radius 3 is 2.33 bits per heavy atom. The fourth-order valence-corrected chi connectivity index (χ4v) is 2.16. The summed E-state index contributed by atoms with van der Waals surface area (Å²) in [4.78, 5) is 10.6. The summed E-state index contributed by atoms with van der Waals surface area (Å²) in [7, 11) is -3.72. The molecule has 0 saturated heterocycles. The van der Waals surface area contributed by atoms with E-state index in [-0.39, 0.29) is 18.1 Å². The lowest BCUT2D eigenvalue weighted by Crippen LogP contribution is -2.10. The minimum atomic E-state index is -3.72. The molecule has 1 aromatic rings. The van der Waals surface area contributed by atoms with Gasteiger partial charge in [-0.2, -0.15) is 8.42 Å². The van der Waals surface area contributed by atoms with Crippen molar-refractivity contribution < 1.29 is 22.1 Å². The molecule has 0 radical (unpaired) electrons. The van der Waals surface area contributed by atoms with E-state index >= 15 is 0 Å². The molecule has 0 atom stereocenters. The van der Waals surface area contributed by atoms with Crippen LogP contribution in [0, 0.1) is 6.92 Å². The Morgan fingerprint density at radius 2 is 1.78 bits per heavy atom. The Bertz CT molecular complexity index is 490. The van der Waals surface area contributed by atoms with E-state index in [1.807, 2.05) is 6.92 Å². The number of rotatable bonds is 6. The van der Waals surface area contributed by atoms with Crippen LogP contribution in [0.4, 0.5) is 0 Å². The average Bonchev–Trinajstić information content (AvgIpc) is 2.28. The SMILES string of the molecule is CC(=O)OCCCOS(=O)(=O)c1ccc(C)cc1. The van der Waals surface area contributed by atoms with Crippen LogP contribution in [-0.2, 0) is 23.8 Å². The highest BCUT2D eigenvalue weighted by Crippen LogP contribution is 2.13. The second-order valence-corrected chi connectivity index (χ2v) is 5.40. The molecule has 0 unspecified atom stereocenters. The van der Waals surface area contributed by atoms with E-state index in [4.69, 9.17) is 4.18 Å². The maximum absolute atomic E-state index is 11.7. The van der Waals surface area contributed by atoms with Gasteiger partial charge in [0.15, 0.2) is 0 Å². The Hall–Kier alpha value is -1.40. The fourth-order valence-electron chi connectivity index (χ4n) is 1.22. The van der Waals surface area contributed by atoms with Crippen LogP contribution >= 0.6 is 0 Å². The summed E-state index contributed by atoms with van der Waals surface area (Å²) in [5.74, 6) is -0.392. The molecule has 0 bridgehead atoms. The number of hydrogen-bond donors (Lipinski definition) is 0. The predicted octanol–water partition coefficient (Wildman–Crippen LogP) is 1.65. The molecule has 0 aliphatic carbocycles. The molecule has 18 heavy (non-hydrogen) atoms. The first kappa shape index (κ1) is 14.7. The largest absolute Gasteiger partial charge is 0.466 e. The second kappa shape index (κ2) is 6.51. The molecule has 0 heterocycles. The third-order valence-corrected chi connectivity index (χ3v) is 3.47. The Labute approximate surface area is 107 Å². The van der Waals surface area contributed by atoms with Gasteiger partial charge in [-0.15, -0.1) is 0 Å². The molecule has 5 nitrogen and oxygen atoms in total. The molecule has 0 aliphatic heterocycles. The van der Waals surface area contributed by atoms with Crippen molar-refractivity contribution in [3.05, 3.63) is 29.8 Å². The third-order valence-electron chi connectivity index (χ3n) is 2.14. The average molecular weight is 272 g/mol. The fraction of sp³-hybridized carbons (Fsp3) is 0.417. The van der Waals surface area contributed by atoms with E-state index in [0.29, 0.717) is 6.42 Å². The van der Waals surface area contributed by atoms with Gasteiger partial charge in [0, 0.05) is 13.3 Å². The highest BCUT2D eigenvalue weighted by atomic mass is 32.2. The molecule has 0 aromatic heterocycles. The number of benzene rings is 1. The lowest BCUT2D eigenvalue weighted by atomic mass is 10.2. The number of carbonyl (C=O) groups is 1. The zero-order chi connectivity index (χ0) is 13.6. The Balaban J connectivity index is 2.45. The van der Waals surface area contributed by atoms with Gasteiger partial charge in [0.05, 0.1) is 18.1 Å². The van der Waals surface area contributed by atoms with Crippen LogP contribution in [0.25, 0.3) is 0 Å². The lowest BCUT2D eigenvalue weighted by Gasteiger charge is -2.06. The molecular formula is C12H16O5S. The summed E-state index contributed by atoms with van der Waals surface area (Å²) in [6.07, 6.45) is 0.338. The number of carbonyl (C=O) groups excluding carboxylic acids is 1. The lowest BCUT2D eigenvalue weighted by molar-refractivity contribution is -0.141. The van der Waals surface area contributed by atoms with Crippen molar-refractivity contribution in [2.45, 2.75) is 25.2 Å². The van der Waals surface area contributed by atoms with Gasteiger partial charge in [-0.05, 0) is 19.1 Å². The minimum Gasteiger partial charge on any atom is -0.466 e. The van der Waals surface area contributed by atoms with Crippen molar-refractivity contribution in [2.24, 2.45) is 0 Å². The molecule has 1 aromatic carbocycles. The van der Waals surface area contributed by atoms with E-state index in [2.05, 4.69) is 4.74 Å². The molecule has 0 aliphatic rings. The molecule has 100 valence electrons. The van der Waals surface area contributed by atoms with Crippen LogP contribution in [0.5, 0.6) is 0 Å². The summed E-state index contributed by atoms with van der Waals surface area (Å²) >= 11 is 0. The van der Waals surface area contributed by atoms with E-state index < -0.39 is 16.1 Å². The van der Waals surface area contributed by atoms with Crippen LogP contribution in [0.1, 0.15) is 18.9 Å². The Kier molecular flexibility index (Phi) is 5.30. The smallest absolute Gasteiger partial charge is 0.302 e. The van der Waals surface area contributed by atoms with Crippen LogP contribution < -0.4 is 0 Å². The number of esters is 1. The maximum atomic E-state index is 11.7. The molecule has 0 spiro atoms. The zero-order valence-corrected chi connectivity index (χ0v) is 11.2. The van der Waals surface area contributed by atoms with E-state index in [1.165, 1.54) is 19.1 Å². The Morgan fingerprint density at radius 1 is 1.17 bits per heavy atom. The van der Waals surface area contributed by atoms with Gasteiger partial charge in [-0.3, -0.25) is 8.98 Å². The monoisotopic (exact) mass is 272 g/mol. The van der Waals surface area contributed by atoms with E-state index in [1.54, 1.807) is 12.1 Å². The molecule has 1 rings (SSSR count). The first-order valence-electron chi connectivity index (χ1n) is 5.51. The minimum absolute atomic E-state index is 0.0104. The first-order valence-corrected chi connectivity index (χ1v) is 6.92. The van der Waals surface area contributed by atoms with Crippen LogP contribution in [0.2, 0.25) is 0 Å². The molecule has 0 N–H and O–H groups in total. The van der Waals surface area contributed by atoms with Gasteiger partial charge in [0.2, 0.25) is 0 Å². The zero-order valence-electron chi connectivity index (χ0n) is 10.4. The number of ether oxygens (including phenoxy) is 1. The van der Waals surface area contributed by atoms with Crippen molar-refractivity contribution >= 4 is 16.1 Å². The summed E-state index contributed by atoms with van der Waals surface area (Å²) in [6, 6.07) is 6.40. The first-order chi connectivity index (χ1) is 8.42. The summed E-state index contributed by atoms with van der Waals surface area (Å²) in [6.45, 7) is 3.31. The topological polar surface area (TPSA) is 69.7 Å². The van der Waals surface area contributed by atoms with Gasteiger partial charge in [0.25, 0.3) is 10.1 Å². The number of aryl methyl sites for hydroxylation is 1. The van der Waals surface area contributed by atoms with Gasteiger partial charge >= 0.3 is 5.97 Å². The van der Waals surface area contributed by atoms with Crippen LogP contribution in [-0.4, -0.2) is 27.6 Å². The molecule has 0 amide bonds. The van der Waals surface area contributed by atoms with Crippen molar-refractivity contribution in [3.8, 4) is 0 Å². The molecule has 6 heteroatoms. The maximum Gasteiger partial charge on any atom is 0.302 e. The van der Waals surface area contributed by atoms with Crippen LogP contribution in [0.3, 0.4) is 0 Å². The van der Waals surface area contributed by atoms with Gasteiger partial charge in [-0.1, -0.05) is 17.7 Å². The highest BCUT2D eigenvalue weighted by Gasteiger charge is 2.14. The predicted molar refractivity (Wildman–Crippen MR) is 65.6 cm³/mol. The quantitative estimate of drug-likeness (QED) is 0.447. The van der Waals surface area contributed by atoms with E-state index in [0.717, 1.165) is 5.56 Å². The van der Waals surface area contributed by atoms with Gasteiger partial charge < -0.3 is 4.74 Å². The van der Waals surface area contributed by atoms with Crippen molar-refractivity contribution in [1.82, 2.24) is 0 Å². The van der Waals surface area contributed by atoms with Crippen molar-refractivity contribution in [1.29, 1.82) is 0 Å². The van der Waals surface area contributed by atoms with Crippen molar-refractivity contribution in [3.63, 3.8) is 0 Å². The molecular weight excluding hydrogens is 256 g/mol. The normalized spacial score (nSPS) is 11.2. The molecule has 0 saturated carbocycles. The highest BCUT2D eigenvalue weighted by molar-refractivity contribution is 7.86. The molecule has 0 fully saturated rings. The van der Waals surface area contributed by atoms with Gasteiger partial charge in [-0.25, -0.2) is 0 Å². The summed E-state index contributed by atoms with van der Waals surface area (Å²) in [5.41, 5.74) is 0.976. The third kappa shape index (κ3) is 4.85. The number of hydrogen-bond acceptors (Lipinski definition) is 5. The standard InChI is InChI=1S/C12H16O5S/c1-10-4-6-12(7-5-10)18(14,15)17-9-3-8-16-11(2)13/h4-7H,3,8-9H2,1-2H3. The summed E-state index contributed by atoms with van der Waals surface area (Å²) < 4.78 is 32.9. The van der Waals surface area contributed by atoms with Gasteiger partial charge in [0.1, 0.15) is 0 Å².